The molecule has 1 aliphatic rings. The lowest BCUT2D eigenvalue weighted by Crippen LogP contribution is -2.29. The number of benzene rings is 1. The fraction of sp³-hybridized carbons (Fsp3) is 0.360. The van der Waals surface area contributed by atoms with Crippen molar-refractivity contribution in [2.45, 2.75) is 52.6 Å². The van der Waals surface area contributed by atoms with Crippen molar-refractivity contribution in [3.63, 3.8) is 0 Å². The molecular formula is C25H28N2O6S. The van der Waals surface area contributed by atoms with E-state index in [2.05, 4.69) is 10.6 Å². The van der Waals surface area contributed by atoms with Crippen LogP contribution in [-0.2, 0) is 36.7 Å². The summed E-state index contributed by atoms with van der Waals surface area (Å²) in [5, 5.41) is 5.54. The van der Waals surface area contributed by atoms with Gasteiger partial charge in [0.2, 0.25) is 5.91 Å². The summed E-state index contributed by atoms with van der Waals surface area (Å²) in [6, 6.07) is 8.93. The maximum Gasteiger partial charge on any atom is 0.355 e. The average Bonchev–Trinajstić information content (AvgIpc) is 3.14. The lowest BCUT2D eigenvalue weighted by molar-refractivity contribution is -0.144. The number of hydrogen-bond donors (Lipinski definition) is 2. The Morgan fingerprint density at radius 2 is 1.79 bits per heavy atom. The molecule has 1 aliphatic carbocycles. The third-order valence-electron chi connectivity index (χ3n) is 4.95. The van der Waals surface area contributed by atoms with Crippen LogP contribution in [-0.4, -0.2) is 36.5 Å². The Bertz CT molecular complexity index is 1100. The second-order valence-electron chi connectivity index (χ2n) is 8.14. The Morgan fingerprint density at radius 1 is 1.09 bits per heavy atom. The monoisotopic (exact) mass is 484 g/mol. The van der Waals surface area contributed by atoms with Crippen molar-refractivity contribution in [1.82, 2.24) is 5.32 Å². The van der Waals surface area contributed by atoms with E-state index in [0.717, 1.165) is 36.1 Å². The van der Waals surface area contributed by atoms with Crippen LogP contribution < -0.4 is 10.6 Å². The first-order chi connectivity index (χ1) is 16.2. The van der Waals surface area contributed by atoms with Gasteiger partial charge in [-0.1, -0.05) is 30.3 Å². The van der Waals surface area contributed by atoms with E-state index in [1.807, 2.05) is 6.07 Å². The zero-order valence-electron chi connectivity index (χ0n) is 19.4. The van der Waals surface area contributed by atoms with Gasteiger partial charge < -0.3 is 20.1 Å². The second kappa shape index (κ2) is 11.6. The largest absolute Gasteiger partial charge is 0.459 e. The summed E-state index contributed by atoms with van der Waals surface area (Å²) in [6.45, 7) is 4.23. The minimum absolute atomic E-state index is 0.0840. The molecule has 0 saturated heterocycles. The lowest BCUT2D eigenvalue weighted by Gasteiger charge is -2.14. The Morgan fingerprint density at radius 3 is 2.47 bits per heavy atom. The SMILES string of the molecule is CC(=O)N/C(=C\c1ccccc1)C(=O)OCC(=O)Nc1sc2c(c1C(=O)OC(C)C)CCCC2. The molecule has 1 heterocycles. The number of ether oxygens (including phenoxy) is 2. The predicted octanol–water partition coefficient (Wildman–Crippen LogP) is 3.85. The predicted molar refractivity (Wildman–Crippen MR) is 129 cm³/mol. The number of esters is 2. The first-order valence-electron chi connectivity index (χ1n) is 11.1. The second-order valence-corrected chi connectivity index (χ2v) is 9.25. The van der Waals surface area contributed by atoms with Crippen molar-refractivity contribution < 1.29 is 28.7 Å². The number of thiophene rings is 1. The van der Waals surface area contributed by atoms with Crippen LogP contribution in [0.1, 0.15) is 60.0 Å². The zero-order chi connectivity index (χ0) is 24.7. The quantitative estimate of drug-likeness (QED) is 0.435. The van der Waals surface area contributed by atoms with E-state index in [9.17, 15) is 19.2 Å². The maximum absolute atomic E-state index is 12.7. The van der Waals surface area contributed by atoms with Crippen LogP contribution in [0, 0.1) is 0 Å². The number of aryl methyl sites for hydroxylation is 1. The molecule has 2 aromatic rings. The molecule has 180 valence electrons. The van der Waals surface area contributed by atoms with Crippen LogP contribution in [0.2, 0.25) is 0 Å². The van der Waals surface area contributed by atoms with Crippen molar-refractivity contribution in [1.29, 1.82) is 0 Å². The van der Waals surface area contributed by atoms with Crippen LogP contribution in [0.4, 0.5) is 5.00 Å². The van der Waals surface area contributed by atoms with E-state index < -0.39 is 30.4 Å². The summed E-state index contributed by atoms with van der Waals surface area (Å²) in [6.07, 6.45) is 4.77. The molecule has 9 heteroatoms. The van der Waals surface area contributed by atoms with Gasteiger partial charge in [-0.2, -0.15) is 0 Å². The van der Waals surface area contributed by atoms with Gasteiger partial charge in [0, 0.05) is 11.8 Å². The number of amides is 2. The lowest BCUT2D eigenvalue weighted by atomic mass is 9.95. The van der Waals surface area contributed by atoms with E-state index in [1.165, 1.54) is 24.3 Å². The Balaban J connectivity index is 1.71. The third kappa shape index (κ3) is 6.77. The molecule has 2 amide bonds. The summed E-state index contributed by atoms with van der Waals surface area (Å²) in [5.41, 5.74) is 1.91. The number of hydrogen-bond acceptors (Lipinski definition) is 7. The van der Waals surface area contributed by atoms with Gasteiger partial charge in [-0.3, -0.25) is 9.59 Å². The molecule has 0 radical (unpaired) electrons. The highest BCUT2D eigenvalue weighted by atomic mass is 32.1. The molecule has 0 aliphatic heterocycles. The van der Waals surface area contributed by atoms with Crippen LogP contribution >= 0.6 is 11.3 Å². The summed E-state index contributed by atoms with van der Waals surface area (Å²) in [4.78, 5) is 50.4. The maximum atomic E-state index is 12.7. The summed E-state index contributed by atoms with van der Waals surface area (Å²) >= 11 is 1.35. The van der Waals surface area contributed by atoms with Gasteiger partial charge in [-0.25, -0.2) is 9.59 Å². The smallest absolute Gasteiger partial charge is 0.355 e. The van der Waals surface area contributed by atoms with Gasteiger partial charge in [0.15, 0.2) is 6.61 Å². The van der Waals surface area contributed by atoms with Crippen LogP contribution in [0.15, 0.2) is 36.0 Å². The molecule has 8 nitrogen and oxygen atoms in total. The van der Waals surface area contributed by atoms with Crippen molar-refractivity contribution >= 4 is 46.2 Å². The van der Waals surface area contributed by atoms with Gasteiger partial charge in [-0.05, 0) is 56.7 Å². The minimum Gasteiger partial charge on any atom is -0.459 e. The fourth-order valence-electron chi connectivity index (χ4n) is 3.57. The topological polar surface area (TPSA) is 111 Å². The molecule has 0 unspecified atom stereocenters. The fourth-order valence-corrected chi connectivity index (χ4v) is 4.86. The molecule has 1 aromatic carbocycles. The molecular weight excluding hydrogens is 456 g/mol. The number of carbonyl (C=O) groups excluding carboxylic acids is 4. The van der Waals surface area contributed by atoms with Gasteiger partial charge in [0.25, 0.3) is 5.91 Å². The van der Waals surface area contributed by atoms with E-state index in [4.69, 9.17) is 9.47 Å². The van der Waals surface area contributed by atoms with E-state index >= 15 is 0 Å². The third-order valence-corrected chi connectivity index (χ3v) is 6.15. The molecule has 0 spiro atoms. The first kappa shape index (κ1) is 25.2. The molecule has 3 rings (SSSR count). The standard InChI is InChI=1S/C25H28N2O6S/c1-15(2)33-25(31)22-18-11-7-8-12-20(18)34-23(22)27-21(29)14-32-24(30)19(26-16(3)28)13-17-9-5-4-6-10-17/h4-6,9-10,13,15H,7-8,11-12,14H2,1-3H3,(H,26,28)(H,27,29)/b19-13-. The average molecular weight is 485 g/mol. The number of fused-ring (bicyclic) bond motifs is 1. The van der Waals surface area contributed by atoms with Gasteiger partial charge in [-0.15, -0.1) is 11.3 Å². The Hall–Kier alpha value is -3.46. The molecule has 34 heavy (non-hydrogen) atoms. The van der Waals surface area contributed by atoms with Crippen molar-refractivity contribution in [3.8, 4) is 0 Å². The normalized spacial score (nSPS) is 13.1. The highest BCUT2D eigenvalue weighted by molar-refractivity contribution is 7.17. The van der Waals surface area contributed by atoms with Gasteiger partial charge in [0.05, 0.1) is 11.7 Å². The molecule has 0 bridgehead atoms. The van der Waals surface area contributed by atoms with Gasteiger partial charge >= 0.3 is 11.9 Å². The molecule has 1 aromatic heterocycles. The van der Waals surface area contributed by atoms with E-state index in [-0.39, 0.29) is 11.8 Å². The number of nitrogens with one attached hydrogen (secondary N) is 2. The van der Waals surface area contributed by atoms with Crippen molar-refractivity contribution in [3.05, 3.63) is 57.6 Å². The highest BCUT2D eigenvalue weighted by Gasteiger charge is 2.28. The van der Waals surface area contributed by atoms with Gasteiger partial charge in [0.1, 0.15) is 10.7 Å². The van der Waals surface area contributed by atoms with Crippen LogP contribution in [0.3, 0.4) is 0 Å². The molecule has 0 fully saturated rings. The molecule has 0 atom stereocenters. The number of anilines is 1. The van der Waals surface area contributed by atoms with Crippen LogP contribution in [0.5, 0.6) is 0 Å². The molecule has 2 N–H and O–H groups in total. The van der Waals surface area contributed by atoms with Crippen molar-refractivity contribution in [2.75, 3.05) is 11.9 Å². The van der Waals surface area contributed by atoms with Crippen molar-refractivity contribution in [2.24, 2.45) is 0 Å². The van der Waals surface area contributed by atoms with Crippen LogP contribution in [0.25, 0.3) is 6.08 Å². The zero-order valence-corrected chi connectivity index (χ0v) is 20.3. The van der Waals surface area contributed by atoms with E-state index in [1.54, 1.807) is 38.1 Å². The Kier molecular flexibility index (Phi) is 8.59. The minimum atomic E-state index is -0.848. The summed E-state index contributed by atoms with van der Waals surface area (Å²) < 4.78 is 10.5. The molecule has 0 saturated carbocycles. The number of rotatable bonds is 8. The summed E-state index contributed by atoms with van der Waals surface area (Å²) in [5.74, 6) is -2.35. The Labute approximate surface area is 202 Å². The number of carbonyl (C=O) groups is 4. The highest BCUT2D eigenvalue weighted by Crippen LogP contribution is 2.38. The summed E-state index contributed by atoms with van der Waals surface area (Å²) in [7, 11) is 0. The van der Waals surface area contributed by atoms with E-state index in [0.29, 0.717) is 16.1 Å². The first-order valence-corrected chi connectivity index (χ1v) is 11.9.